The van der Waals surface area contributed by atoms with E-state index in [1.165, 1.54) is 5.56 Å². The molecule has 2 aromatic carbocycles. The fraction of sp³-hybridized carbons (Fsp3) is 0.278. The Morgan fingerprint density at radius 2 is 1.85 bits per heavy atom. The van der Waals surface area contributed by atoms with Crippen LogP contribution in [0.4, 0.5) is 0 Å². The number of hydrogen-bond acceptors (Lipinski definition) is 2. The molecule has 0 N–H and O–H groups in total. The maximum atomic E-state index is 12.3. The van der Waals surface area contributed by atoms with E-state index in [9.17, 15) is 4.79 Å². The minimum Gasteiger partial charge on any atom is -0.492 e. The number of carbonyl (C=O) groups excluding carboxylic acids is 1. The van der Waals surface area contributed by atoms with E-state index in [2.05, 4.69) is 6.07 Å². The lowest BCUT2D eigenvalue weighted by Gasteiger charge is -2.11. The summed E-state index contributed by atoms with van der Waals surface area (Å²) in [7, 11) is 0. The number of carbonyl (C=O) groups is 1. The summed E-state index contributed by atoms with van der Waals surface area (Å²) in [5.74, 6) is 0.814. The minimum absolute atomic E-state index is 0.135. The van der Waals surface area contributed by atoms with Gasteiger partial charge in [-0.15, -0.1) is 0 Å². The lowest BCUT2D eigenvalue weighted by Crippen LogP contribution is -2.10. The molecule has 0 amide bonds. The van der Waals surface area contributed by atoms with Crippen molar-refractivity contribution in [2.24, 2.45) is 0 Å². The van der Waals surface area contributed by atoms with Gasteiger partial charge in [0, 0.05) is 18.1 Å². The summed E-state index contributed by atoms with van der Waals surface area (Å²) in [6, 6.07) is 14.5. The molecule has 0 bridgehead atoms. The number of aryl methyl sites for hydroxylation is 3. The fourth-order valence-electron chi connectivity index (χ4n) is 2.47. The van der Waals surface area contributed by atoms with Crippen molar-refractivity contribution in [3.05, 3.63) is 64.7 Å². The second kappa shape index (κ2) is 6.38. The summed E-state index contributed by atoms with van der Waals surface area (Å²) in [6.45, 7) is 6.40. The normalized spacial score (nSPS) is 10.3. The van der Waals surface area contributed by atoms with Crippen LogP contribution in [-0.2, 0) is 0 Å². The Hall–Kier alpha value is -2.09. The van der Waals surface area contributed by atoms with E-state index in [0.29, 0.717) is 18.8 Å². The predicted octanol–water partition coefficient (Wildman–Crippen LogP) is 4.06. The average Bonchev–Trinajstić information content (AvgIpc) is 2.38. The van der Waals surface area contributed by atoms with Crippen molar-refractivity contribution in [2.75, 3.05) is 6.61 Å². The fourth-order valence-corrected chi connectivity index (χ4v) is 2.47. The number of Topliss-reactive ketones (excluding diaryl/α,β-unsaturated/α-hetero) is 1. The van der Waals surface area contributed by atoms with Crippen molar-refractivity contribution in [1.29, 1.82) is 0 Å². The van der Waals surface area contributed by atoms with Crippen LogP contribution in [0, 0.1) is 26.8 Å². The number of ketones is 1. The average molecular weight is 267 g/mol. The third-order valence-corrected chi connectivity index (χ3v) is 3.22. The number of para-hydroxylation sites is 1. The maximum absolute atomic E-state index is 12.3. The lowest BCUT2D eigenvalue weighted by molar-refractivity contribution is 0.0961. The largest absolute Gasteiger partial charge is 0.492 e. The molecule has 0 atom stereocenters. The van der Waals surface area contributed by atoms with Crippen molar-refractivity contribution >= 4 is 5.78 Å². The van der Waals surface area contributed by atoms with Gasteiger partial charge in [-0.25, -0.2) is 0 Å². The smallest absolute Gasteiger partial charge is 0.166 e. The van der Waals surface area contributed by atoms with E-state index in [-0.39, 0.29) is 5.78 Å². The molecule has 2 nitrogen and oxygen atoms in total. The zero-order valence-corrected chi connectivity index (χ0v) is 12.2. The summed E-state index contributed by atoms with van der Waals surface area (Å²) in [4.78, 5) is 12.3. The maximum Gasteiger partial charge on any atom is 0.166 e. The second-order valence-electron chi connectivity index (χ2n) is 5.02. The van der Waals surface area contributed by atoms with Gasteiger partial charge in [-0.05, 0) is 38.0 Å². The Morgan fingerprint density at radius 3 is 2.45 bits per heavy atom. The predicted molar refractivity (Wildman–Crippen MR) is 80.4 cm³/mol. The van der Waals surface area contributed by atoms with E-state index in [1.807, 2.05) is 51.1 Å². The Balaban J connectivity index is 1.99. The number of benzene rings is 2. The standard InChI is InChI=1S/C18H19O2/c1-13-11-14(2)18(15(3)12-13)17(19)9-10-20-16-7-5-4-6-8-16/h4-7,11-12H,9-10H2,1-3H3. The molecule has 0 saturated carbocycles. The van der Waals surface area contributed by atoms with E-state index in [4.69, 9.17) is 4.74 Å². The molecule has 0 fully saturated rings. The monoisotopic (exact) mass is 267 g/mol. The van der Waals surface area contributed by atoms with Crippen LogP contribution in [-0.4, -0.2) is 12.4 Å². The Labute approximate surface area is 120 Å². The molecule has 0 heterocycles. The molecule has 0 aliphatic carbocycles. The summed E-state index contributed by atoms with van der Waals surface area (Å²) in [5, 5.41) is 0. The van der Waals surface area contributed by atoms with Crippen LogP contribution in [0.5, 0.6) is 5.75 Å². The van der Waals surface area contributed by atoms with E-state index in [0.717, 1.165) is 16.7 Å². The molecule has 0 aliphatic heterocycles. The molecule has 0 spiro atoms. The molecule has 103 valence electrons. The van der Waals surface area contributed by atoms with Gasteiger partial charge in [0.1, 0.15) is 5.75 Å². The second-order valence-corrected chi connectivity index (χ2v) is 5.02. The van der Waals surface area contributed by atoms with E-state index in [1.54, 1.807) is 6.07 Å². The highest BCUT2D eigenvalue weighted by Crippen LogP contribution is 2.18. The van der Waals surface area contributed by atoms with Crippen molar-refractivity contribution in [2.45, 2.75) is 27.2 Å². The first-order chi connectivity index (χ1) is 9.58. The molecular formula is C18H19O2. The Kier molecular flexibility index (Phi) is 4.57. The van der Waals surface area contributed by atoms with Crippen LogP contribution < -0.4 is 4.74 Å². The quantitative estimate of drug-likeness (QED) is 0.763. The summed E-state index contributed by atoms with van der Waals surface area (Å²) in [6.07, 6.45) is 0.382. The number of ether oxygens (including phenoxy) is 1. The molecule has 2 heteroatoms. The van der Waals surface area contributed by atoms with Gasteiger partial charge in [-0.2, -0.15) is 0 Å². The van der Waals surface area contributed by atoms with E-state index >= 15 is 0 Å². The van der Waals surface area contributed by atoms with Crippen LogP contribution in [0.3, 0.4) is 0 Å². The Morgan fingerprint density at radius 1 is 1.15 bits per heavy atom. The van der Waals surface area contributed by atoms with Crippen molar-refractivity contribution in [1.82, 2.24) is 0 Å². The van der Waals surface area contributed by atoms with Gasteiger partial charge >= 0.3 is 0 Å². The van der Waals surface area contributed by atoms with Crippen molar-refractivity contribution < 1.29 is 9.53 Å². The zero-order valence-electron chi connectivity index (χ0n) is 12.2. The summed E-state index contributed by atoms with van der Waals surface area (Å²) < 4.78 is 5.53. The molecule has 2 aromatic rings. The molecule has 20 heavy (non-hydrogen) atoms. The SMILES string of the molecule is Cc1cc(C)c(C(=O)CCOc2[c]cccc2)c(C)c1. The van der Waals surface area contributed by atoms with Gasteiger partial charge in [-0.3, -0.25) is 4.79 Å². The molecular weight excluding hydrogens is 248 g/mol. The molecule has 2 rings (SSSR count). The van der Waals surface area contributed by atoms with Crippen LogP contribution in [0.15, 0.2) is 36.4 Å². The topological polar surface area (TPSA) is 26.3 Å². The highest BCUT2D eigenvalue weighted by atomic mass is 16.5. The van der Waals surface area contributed by atoms with Gasteiger partial charge in [0.2, 0.25) is 0 Å². The summed E-state index contributed by atoms with van der Waals surface area (Å²) in [5.41, 5.74) is 4.10. The van der Waals surface area contributed by atoms with Gasteiger partial charge in [0.15, 0.2) is 5.78 Å². The third kappa shape index (κ3) is 3.47. The van der Waals surface area contributed by atoms with Crippen LogP contribution in [0.25, 0.3) is 0 Å². The lowest BCUT2D eigenvalue weighted by atomic mass is 9.95. The van der Waals surface area contributed by atoms with Gasteiger partial charge < -0.3 is 4.74 Å². The van der Waals surface area contributed by atoms with Crippen LogP contribution >= 0.6 is 0 Å². The molecule has 0 unspecified atom stereocenters. The Bertz CT molecular complexity index is 577. The number of rotatable bonds is 5. The third-order valence-electron chi connectivity index (χ3n) is 3.22. The highest BCUT2D eigenvalue weighted by molar-refractivity contribution is 5.98. The van der Waals surface area contributed by atoms with E-state index < -0.39 is 0 Å². The van der Waals surface area contributed by atoms with Crippen LogP contribution in [0.1, 0.15) is 33.5 Å². The van der Waals surface area contributed by atoms with Crippen molar-refractivity contribution in [3.8, 4) is 5.75 Å². The number of hydrogen-bond donors (Lipinski definition) is 0. The molecule has 0 saturated heterocycles. The molecule has 0 aliphatic rings. The van der Waals surface area contributed by atoms with Gasteiger partial charge in [-0.1, -0.05) is 35.9 Å². The summed E-state index contributed by atoms with van der Waals surface area (Å²) >= 11 is 0. The van der Waals surface area contributed by atoms with Gasteiger partial charge in [0.05, 0.1) is 6.61 Å². The first kappa shape index (κ1) is 14.3. The van der Waals surface area contributed by atoms with Crippen molar-refractivity contribution in [3.63, 3.8) is 0 Å². The first-order valence-corrected chi connectivity index (χ1v) is 6.78. The van der Waals surface area contributed by atoms with Crippen LogP contribution in [0.2, 0.25) is 0 Å². The van der Waals surface area contributed by atoms with Gasteiger partial charge in [0.25, 0.3) is 0 Å². The zero-order chi connectivity index (χ0) is 14.5. The molecule has 0 aromatic heterocycles. The first-order valence-electron chi connectivity index (χ1n) is 6.78. The molecule has 1 radical (unpaired) electrons. The minimum atomic E-state index is 0.135. The highest BCUT2D eigenvalue weighted by Gasteiger charge is 2.12.